The first-order valence-corrected chi connectivity index (χ1v) is 7.56. The Hall–Kier alpha value is -0.880. The van der Waals surface area contributed by atoms with E-state index in [1.165, 1.54) is 0 Å². The molecular formula is C15H19ClO5. The number of esters is 1. The molecule has 1 aliphatic heterocycles. The van der Waals surface area contributed by atoms with E-state index in [0.29, 0.717) is 0 Å². The van der Waals surface area contributed by atoms with Crippen molar-refractivity contribution in [2.45, 2.75) is 37.3 Å². The molecule has 3 rings (SSSR count). The SMILES string of the molecule is C=C1C(=O)O[C@H]2[C@H]3C(C)=C[C@H](O)[C@H]3[C@@](O)(CCl)C[C@@H](O)[C@@H]12. The molecule has 5 nitrogen and oxygen atoms in total. The smallest absolute Gasteiger partial charge is 0.334 e. The van der Waals surface area contributed by atoms with Gasteiger partial charge < -0.3 is 20.1 Å². The van der Waals surface area contributed by atoms with E-state index >= 15 is 0 Å². The minimum absolute atomic E-state index is 0.0212. The van der Waals surface area contributed by atoms with Crippen LogP contribution in [0.1, 0.15) is 13.3 Å². The maximum atomic E-state index is 11.8. The lowest BCUT2D eigenvalue weighted by molar-refractivity contribution is -0.143. The number of aliphatic hydroxyl groups excluding tert-OH is 2. The first-order chi connectivity index (χ1) is 9.80. The lowest BCUT2D eigenvalue weighted by atomic mass is 9.75. The zero-order valence-corrected chi connectivity index (χ0v) is 12.5. The molecule has 1 saturated carbocycles. The van der Waals surface area contributed by atoms with E-state index in [2.05, 4.69) is 6.58 Å². The van der Waals surface area contributed by atoms with Gasteiger partial charge in [-0.25, -0.2) is 4.79 Å². The molecule has 3 N–H and O–H groups in total. The van der Waals surface area contributed by atoms with Crippen LogP contribution >= 0.6 is 11.6 Å². The van der Waals surface area contributed by atoms with E-state index < -0.39 is 41.7 Å². The predicted octanol–water partition coefficient (Wildman–Crippen LogP) is 0.372. The summed E-state index contributed by atoms with van der Waals surface area (Å²) in [4.78, 5) is 11.8. The predicted molar refractivity (Wildman–Crippen MR) is 75.5 cm³/mol. The molecule has 0 spiro atoms. The molecule has 0 bridgehead atoms. The van der Waals surface area contributed by atoms with Crippen LogP contribution in [0.3, 0.4) is 0 Å². The van der Waals surface area contributed by atoms with Crippen molar-refractivity contribution in [3.05, 3.63) is 23.8 Å². The highest BCUT2D eigenvalue weighted by Gasteiger charge is 2.60. The van der Waals surface area contributed by atoms with Crippen molar-refractivity contribution >= 4 is 17.6 Å². The Labute approximate surface area is 127 Å². The van der Waals surface area contributed by atoms with Crippen LogP contribution in [0.4, 0.5) is 0 Å². The highest BCUT2D eigenvalue weighted by atomic mass is 35.5. The molecule has 2 fully saturated rings. The van der Waals surface area contributed by atoms with Gasteiger partial charge in [-0.1, -0.05) is 18.2 Å². The van der Waals surface area contributed by atoms with E-state index in [1.807, 2.05) is 6.92 Å². The molecule has 7 atom stereocenters. The zero-order chi connectivity index (χ0) is 15.5. The molecule has 2 aliphatic carbocycles. The third-order valence-corrected chi connectivity index (χ3v) is 5.62. The maximum Gasteiger partial charge on any atom is 0.334 e. The van der Waals surface area contributed by atoms with E-state index in [1.54, 1.807) is 6.08 Å². The summed E-state index contributed by atoms with van der Waals surface area (Å²) < 4.78 is 5.39. The monoisotopic (exact) mass is 314 g/mol. The largest absolute Gasteiger partial charge is 0.458 e. The molecule has 0 aromatic heterocycles. The number of carbonyl (C=O) groups excluding carboxylic acids is 1. The molecule has 0 radical (unpaired) electrons. The van der Waals surface area contributed by atoms with Gasteiger partial charge in [-0.3, -0.25) is 0 Å². The number of alkyl halides is 1. The molecule has 0 amide bonds. The van der Waals surface area contributed by atoms with Crippen molar-refractivity contribution in [1.82, 2.24) is 0 Å². The fraction of sp³-hybridized carbons (Fsp3) is 0.667. The number of ether oxygens (including phenoxy) is 1. The molecule has 21 heavy (non-hydrogen) atoms. The third kappa shape index (κ3) is 1.99. The van der Waals surface area contributed by atoms with Gasteiger partial charge in [-0.15, -0.1) is 11.6 Å². The van der Waals surface area contributed by atoms with Crippen LogP contribution in [-0.2, 0) is 9.53 Å². The summed E-state index contributed by atoms with van der Waals surface area (Å²) in [5.41, 5.74) is -0.363. The third-order valence-electron chi connectivity index (χ3n) is 5.16. The number of fused-ring (bicyclic) bond motifs is 3. The van der Waals surface area contributed by atoms with Crippen molar-refractivity contribution in [2.24, 2.45) is 17.8 Å². The molecule has 1 heterocycles. The first kappa shape index (κ1) is 15.0. The van der Waals surface area contributed by atoms with Crippen LogP contribution in [0.5, 0.6) is 0 Å². The molecule has 0 unspecified atom stereocenters. The van der Waals surface area contributed by atoms with Gasteiger partial charge in [-0.05, 0) is 6.92 Å². The number of halogens is 1. The van der Waals surface area contributed by atoms with Crippen molar-refractivity contribution in [1.29, 1.82) is 0 Å². The average molecular weight is 315 g/mol. The van der Waals surface area contributed by atoms with Crippen LogP contribution < -0.4 is 0 Å². The van der Waals surface area contributed by atoms with E-state index in [-0.39, 0.29) is 23.8 Å². The molecule has 116 valence electrons. The molecular weight excluding hydrogens is 296 g/mol. The molecule has 0 aromatic carbocycles. The van der Waals surface area contributed by atoms with Gasteiger partial charge in [0, 0.05) is 23.8 Å². The number of hydrogen-bond donors (Lipinski definition) is 3. The number of hydrogen-bond acceptors (Lipinski definition) is 5. The Morgan fingerprint density at radius 3 is 2.76 bits per heavy atom. The van der Waals surface area contributed by atoms with E-state index in [0.717, 1.165) is 5.57 Å². The van der Waals surface area contributed by atoms with Crippen LogP contribution in [-0.4, -0.2) is 51.1 Å². The molecule has 0 aromatic rings. The van der Waals surface area contributed by atoms with Crippen LogP contribution in [0.25, 0.3) is 0 Å². The van der Waals surface area contributed by atoms with Gasteiger partial charge in [0.15, 0.2) is 0 Å². The summed E-state index contributed by atoms with van der Waals surface area (Å²) in [5.74, 6) is -2.17. The second-order valence-electron chi connectivity index (χ2n) is 6.38. The number of rotatable bonds is 1. The number of aliphatic hydroxyl groups is 3. The quantitative estimate of drug-likeness (QED) is 0.282. The van der Waals surface area contributed by atoms with Gasteiger partial charge in [0.05, 0.1) is 29.6 Å². The van der Waals surface area contributed by atoms with E-state index in [4.69, 9.17) is 16.3 Å². The highest BCUT2D eigenvalue weighted by molar-refractivity contribution is 6.18. The Bertz CT molecular complexity index is 530. The summed E-state index contributed by atoms with van der Waals surface area (Å²) in [6.07, 6.45) is -0.834. The van der Waals surface area contributed by atoms with Gasteiger partial charge in [0.25, 0.3) is 0 Å². The highest BCUT2D eigenvalue weighted by Crippen LogP contribution is 2.52. The maximum absolute atomic E-state index is 11.8. The van der Waals surface area contributed by atoms with Crippen LogP contribution in [0.15, 0.2) is 23.8 Å². The van der Waals surface area contributed by atoms with Gasteiger partial charge in [-0.2, -0.15) is 0 Å². The average Bonchev–Trinajstić information content (AvgIpc) is 2.83. The lowest BCUT2D eigenvalue weighted by Crippen LogP contribution is -2.48. The molecule has 6 heteroatoms. The molecule has 1 saturated heterocycles. The van der Waals surface area contributed by atoms with Crippen molar-refractivity contribution < 1.29 is 24.9 Å². The Kier molecular flexibility index (Phi) is 3.44. The zero-order valence-electron chi connectivity index (χ0n) is 11.7. The summed E-state index contributed by atoms with van der Waals surface area (Å²) >= 11 is 5.94. The summed E-state index contributed by atoms with van der Waals surface area (Å²) in [6, 6.07) is 0. The van der Waals surface area contributed by atoms with Crippen molar-refractivity contribution in [3.8, 4) is 0 Å². The Morgan fingerprint density at radius 1 is 1.48 bits per heavy atom. The lowest BCUT2D eigenvalue weighted by Gasteiger charge is -2.37. The minimum atomic E-state index is -1.42. The van der Waals surface area contributed by atoms with Gasteiger partial charge >= 0.3 is 5.97 Å². The molecule has 3 aliphatic rings. The second-order valence-corrected chi connectivity index (χ2v) is 6.65. The van der Waals surface area contributed by atoms with Crippen molar-refractivity contribution in [2.75, 3.05) is 5.88 Å². The van der Waals surface area contributed by atoms with Crippen molar-refractivity contribution in [3.63, 3.8) is 0 Å². The number of carbonyl (C=O) groups is 1. The van der Waals surface area contributed by atoms with Gasteiger partial charge in [0.2, 0.25) is 0 Å². The Balaban J connectivity index is 2.10. The fourth-order valence-electron chi connectivity index (χ4n) is 4.22. The summed E-state index contributed by atoms with van der Waals surface area (Å²) in [7, 11) is 0. The second kappa shape index (κ2) is 4.81. The minimum Gasteiger partial charge on any atom is -0.458 e. The van der Waals surface area contributed by atoms with Crippen LogP contribution in [0.2, 0.25) is 0 Å². The first-order valence-electron chi connectivity index (χ1n) is 7.02. The standard InChI is InChI=1S/C15H19ClO5/c1-6-3-8(17)12-10(6)13-11(7(2)14(19)21-13)9(18)4-15(12,20)5-16/h3,8-13,17-18,20H,2,4-5H2,1H3/t8-,9+,10-,11+,12+,13-,15-/m0/s1. The normalized spacial score (nSPS) is 49.3. The van der Waals surface area contributed by atoms with Crippen LogP contribution in [0, 0.1) is 17.8 Å². The Morgan fingerprint density at radius 2 is 2.14 bits per heavy atom. The van der Waals surface area contributed by atoms with Gasteiger partial charge in [0.1, 0.15) is 6.10 Å². The fourth-order valence-corrected chi connectivity index (χ4v) is 4.51. The van der Waals surface area contributed by atoms with E-state index in [9.17, 15) is 20.1 Å². The topological polar surface area (TPSA) is 87.0 Å². The summed E-state index contributed by atoms with van der Waals surface area (Å²) in [5, 5.41) is 31.6. The summed E-state index contributed by atoms with van der Waals surface area (Å²) in [6.45, 7) is 5.54.